The van der Waals surface area contributed by atoms with Crippen LogP contribution in [0.1, 0.15) is 56.7 Å². The van der Waals surface area contributed by atoms with Crippen LogP contribution in [0, 0.1) is 0 Å². The first-order chi connectivity index (χ1) is 8.46. The first-order valence-electron chi connectivity index (χ1n) is 6.96. The van der Waals surface area contributed by atoms with Crippen LogP contribution in [-0.2, 0) is 15.3 Å². The highest BCUT2D eigenvalue weighted by Gasteiger charge is 2.45. The van der Waals surface area contributed by atoms with Gasteiger partial charge in [0.15, 0.2) is 0 Å². The fourth-order valence-corrected chi connectivity index (χ4v) is 3.48. The molecule has 0 saturated heterocycles. The monoisotopic (exact) mass is 356 g/mol. The Kier molecular flexibility index (Phi) is 2.92. The zero-order valence-electron chi connectivity index (χ0n) is 11.5. The van der Waals surface area contributed by atoms with Crippen molar-refractivity contribution < 1.29 is 4.74 Å². The molecule has 0 radical (unpaired) electrons. The van der Waals surface area contributed by atoms with E-state index in [1.54, 1.807) is 0 Å². The van der Waals surface area contributed by atoms with E-state index in [0.29, 0.717) is 3.42 Å². The standard InChI is InChI=1S/C16H21IO/c1-4-11-9-12-14(18-8-7-15(12,2)3)13(10-11)16(17)5-6-16/h9-10H,4-8H2,1-3H3. The van der Waals surface area contributed by atoms with Gasteiger partial charge in [-0.05, 0) is 36.7 Å². The molecule has 0 unspecified atom stereocenters. The number of fused-ring (bicyclic) bond motifs is 1. The van der Waals surface area contributed by atoms with Crippen LogP contribution in [0.3, 0.4) is 0 Å². The van der Waals surface area contributed by atoms with Crippen molar-refractivity contribution >= 4 is 22.6 Å². The Labute approximate surface area is 123 Å². The van der Waals surface area contributed by atoms with Crippen LogP contribution in [-0.4, -0.2) is 6.61 Å². The number of hydrogen-bond acceptors (Lipinski definition) is 1. The van der Waals surface area contributed by atoms with Gasteiger partial charge in [0, 0.05) is 11.1 Å². The van der Waals surface area contributed by atoms with Gasteiger partial charge in [0.2, 0.25) is 0 Å². The average molecular weight is 356 g/mol. The summed E-state index contributed by atoms with van der Waals surface area (Å²) in [6.45, 7) is 7.81. The van der Waals surface area contributed by atoms with E-state index in [2.05, 4.69) is 55.5 Å². The fourth-order valence-electron chi connectivity index (χ4n) is 2.81. The lowest BCUT2D eigenvalue weighted by atomic mass is 9.77. The number of hydrogen-bond donors (Lipinski definition) is 0. The highest BCUT2D eigenvalue weighted by molar-refractivity contribution is 14.1. The first kappa shape index (κ1) is 12.8. The summed E-state index contributed by atoms with van der Waals surface area (Å²) in [5, 5.41) is 0. The van der Waals surface area contributed by atoms with Crippen LogP contribution in [0.15, 0.2) is 12.1 Å². The van der Waals surface area contributed by atoms with E-state index in [1.807, 2.05) is 0 Å². The predicted octanol–water partition coefficient (Wildman–Crippen LogP) is 4.73. The van der Waals surface area contributed by atoms with Gasteiger partial charge in [-0.25, -0.2) is 0 Å². The van der Waals surface area contributed by atoms with Gasteiger partial charge in [-0.2, -0.15) is 0 Å². The molecule has 2 aliphatic rings. The number of benzene rings is 1. The molecule has 2 heteroatoms. The maximum atomic E-state index is 6.05. The molecular weight excluding hydrogens is 335 g/mol. The van der Waals surface area contributed by atoms with Gasteiger partial charge >= 0.3 is 0 Å². The van der Waals surface area contributed by atoms with Crippen molar-refractivity contribution in [1.82, 2.24) is 0 Å². The topological polar surface area (TPSA) is 9.23 Å². The number of aryl methyl sites for hydroxylation is 1. The summed E-state index contributed by atoms with van der Waals surface area (Å²) in [7, 11) is 0. The molecule has 1 fully saturated rings. The number of alkyl halides is 1. The van der Waals surface area contributed by atoms with Crippen molar-refractivity contribution in [3.05, 3.63) is 28.8 Å². The Morgan fingerprint density at radius 2 is 1.83 bits per heavy atom. The summed E-state index contributed by atoms with van der Waals surface area (Å²) < 4.78 is 6.41. The second-order valence-corrected chi connectivity index (χ2v) is 8.39. The molecule has 0 amide bonds. The lowest BCUT2D eigenvalue weighted by Gasteiger charge is -2.35. The third-order valence-corrected chi connectivity index (χ3v) is 6.09. The summed E-state index contributed by atoms with van der Waals surface area (Å²) in [5.74, 6) is 1.20. The van der Waals surface area contributed by atoms with E-state index in [-0.39, 0.29) is 5.41 Å². The molecular formula is C16H21IO. The predicted molar refractivity (Wildman–Crippen MR) is 83.9 cm³/mol. The zero-order valence-corrected chi connectivity index (χ0v) is 13.6. The molecule has 18 heavy (non-hydrogen) atoms. The Morgan fingerprint density at radius 1 is 1.17 bits per heavy atom. The van der Waals surface area contributed by atoms with Crippen LogP contribution < -0.4 is 4.74 Å². The van der Waals surface area contributed by atoms with E-state index < -0.39 is 0 Å². The van der Waals surface area contributed by atoms with Crippen LogP contribution >= 0.6 is 22.6 Å². The normalized spacial score (nSPS) is 23.1. The van der Waals surface area contributed by atoms with E-state index >= 15 is 0 Å². The molecule has 0 aromatic heterocycles. The van der Waals surface area contributed by atoms with Crippen molar-refractivity contribution in [3.63, 3.8) is 0 Å². The molecule has 0 spiro atoms. The van der Waals surface area contributed by atoms with Gasteiger partial charge < -0.3 is 4.74 Å². The molecule has 1 nitrogen and oxygen atoms in total. The van der Waals surface area contributed by atoms with Crippen LogP contribution in [0.4, 0.5) is 0 Å². The van der Waals surface area contributed by atoms with Crippen LogP contribution in [0.2, 0.25) is 0 Å². The van der Waals surface area contributed by atoms with Gasteiger partial charge in [-0.15, -0.1) is 0 Å². The molecule has 0 bridgehead atoms. The minimum Gasteiger partial charge on any atom is -0.493 e. The van der Waals surface area contributed by atoms with E-state index in [4.69, 9.17) is 4.74 Å². The summed E-state index contributed by atoms with van der Waals surface area (Å²) in [6, 6.07) is 4.76. The Hall–Kier alpha value is -0.250. The molecule has 1 aromatic carbocycles. The quantitative estimate of drug-likeness (QED) is 0.550. The minimum atomic E-state index is 0.259. The lowest BCUT2D eigenvalue weighted by molar-refractivity contribution is 0.231. The largest absolute Gasteiger partial charge is 0.493 e. The Morgan fingerprint density at radius 3 is 2.44 bits per heavy atom. The Balaban J connectivity index is 2.20. The van der Waals surface area contributed by atoms with Crippen LogP contribution in [0.25, 0.3) is 0 Å². The molecule has 0 N–H and O–H groups in total. The highest BCUT2D eigenvalue weighted by atomic mass is 127. The molecule has 0 atom stereocenters. The van der Waals surface area contributed by atoms with Crippen LogP contribution in [0.5, 0.6) is 5.75 Å². The maximum absolute atomic E-state index is 6.05. The second-order valence-electron chi connectivity index (χ2n) is 6.32. The Bertz CT molecular complexity index is 469. The third-order valence-electron chi connectivity index (χ3n) is 4.43. The minimum absolute atomic E-state index is 0.259. The first-order valence-corrected chi connectivity index (χ1v) is 8.04. The van der Waals surface area contributed by atoms with Gasteiger partial charge in [-0.1, -0.05) is 55.5 Å². The van der Waals surface area contributed by atoms with Gasteiger partial charge in [0.05, 0.1) is 10.0 Å². The van der Waals surface area contributed by atoms with Gasteiger partial charge in [0.25, 0.3) is 0 Å². The molecule has 3 rings (SSSR count). The van der Waals surface area contributed by atoms with Crippen molar-refractivity contribution in [2.24, 2.45) is 0 Å². The van der Waals surface area contributed by atoms with Gasteiger partial charge in [-0.3, -0.25) is 0 Å². The molecule has 1 heterocycles. The van der Waals surface area contributed by atoms with Crippen molar-refractivity contribution in [2.45, 2.75) is 55.3 Å². The highest BCUT2D eigenvalue weighted by Crippen LogP contribution is 2.59. The SMILES string of the molecule is CCc1cc2c(c(C3(I)CC3)c1)OCCC2(C)C. The average Bonchev–Trinajstić information content (AvgIpc) is 3.07. The smallest absolute Gasteiger partial charge is 0.127 e. The van der Waals surface area contributed by atoms with Crippen molar-refractivity contribution in [3.8, 4) is 5.75 Å². The summed E-state index contributed by atoms with van der Waals surface area (Å²) >= 11 is 2.62. The van der Waals surface area contributed by atoms with E-state index in [9.17, 15) is 0 Å². The zero-order chi connectivity index (χ0) is 13.0. The van der Waals surface area contributed by atoms with E-state index in [1.165, 1.54) is 35.3 Å². The number of ether oxygens (including phenoxy) is 1. The van der Waals surface area contributed by atoms with E-state index in [0.717, 1.165) is 19.4 Å². The summed E-state index contributed by atoms with van der Waals surface area (Å²) in [6.07, 6.45) is 4.85. The molecule has 98 valence electrons. The summed E-state index contributed by atoms with van der Waals surface area (Å²) in [4.78, 5) is 0. The van der Waals surface area contributed by atoms with Gasteiger partial charge in [0.1, 0.15) is 5.75 Å². The molecule has 1 aliphatic carbocycles. The van der Waals surface area contributed by atoms with Crippen molar-refractivity contribution in [1.29, 1.82) is 0 Å². The number of halogens is 1. The number of rotatable bonds is 2. The van der Waals surface area contributed by atoms with Crippen molar-refractivity contribution in [2.75, 3.05) is 6.61 Å². The maximum Gasteiger partial charge on any atom is 0.127 e. The summed E-state index contributed by atoms with van der Waals surface area (Å²) in [5.41, 5.74) is 4.62. The molecule has 1 aliphatic heterocycles. The third kappa shape index (κ3) is 1.97. The fraction of sp³-hybridized carbons (Fsp3) is 0.625. The lowest BCUT2D eigenvalue weighted by Crippen LogP contribution is -2.28. The molecule has 1 aromatic rings. The molecule has 1 saturated carbocycles. The second kappa shape index (κ2) is 4.12.